The highest BCUT2D eigenvalue weighted by Crippen LogP contribution is 2.20. The van der Waals surface area contributed by atoms with Crippen LogP contribution in [0.5, 0.6) is 0 Å². The molecule has 3 nitrogen and oxygen atoms in total. The average Bonchev–Trinajstić information content (AvgIpc) is 2.81. The molecule has 0 aliphatic rings. The minimum absolute atomic E-state index is 0.0725. The number of benzene rings is 1. The Kier molecular flexibility index (Phi) is 3.72. The van der Waals surface area contributed by atoms with Crippen molar-refractivity contribution in [2.45, 2.75) is 25.8 Å². The molecule has 0 aliphatic heterocycles. The topological polar surface area (TPSA) is 54.7 Å². The van der Waals surface area contributed by atoms with Crippen molar-refractivity contribution in [3.8, 4) is 11.3 Å². The van der Waals surface area contributed by atoms with Gasteiger partial charge in [-0.1, -0.05) is 6.92 Å². The highest BCUT2D eigenvalue weighted by molar-refractivity contribution is 5.59. The molecule has 1 heterocycles. The van der Waals surface area contributed by atoms with Gasteiger partial charge >= 0.3 is 0 Å². The highest BCUT2D eigenvalue weighted by Gasteiger charge is 2.09. The van der Waals surface area contributed by atoms with Crippen LogP contribution in [0.1, 0.15) is 19.0 Å². The van der Waals surface area contributed by atoms with Gasteiger partial charge in [0.15, 0.2) is 11.6 Å². The van der Waals surface area contributed by atoms with E-state index in [1.165, 1.54) is 6.07 Å². The SMILES string of the molecule is CCC(N)Cc1cc(-c2ccc(F)c(F)c2)n[nH]1. The maximum atomic E-state index is 13.1. The zero-order valence-electron chi connectivity index (χ0n) is 10.1. The van der Waals surface area contributed by atoms with Gasteiger partial charge in [0.05, 0.1) is 5.69 Å². The first-order chi connectivity index (χ1) is 8.60. The average molecular weight is 251 g/mol. The summed E-state index contributed by atoms with van der Waals surface area (Å²) in [4.78, 5) is 0. The number of H-pyrrole nitrogens is 1. The van der Waals surface area contributed by atoms with E-state index in [0.717, 1.165) is 24.2 Å². The number of rotatable bonds is 4. The Balaban J connectivity index is 2.21. The molecule has 18 heavy (non-hydrogen) atoms. The number of nitrogens with one attached hydrogen (secondary N) is 1. The second kappa shape index (κ2) is 5.27. The Labute approximate surface area is 104 Å². The lowest BCUT2D eigenvalue weighted by atomic mass is 10.1. The fraction of sp³-hybridized carbons (Fsp3) is 0.308. The smallest absolute Gasteiger partial charge is 0.159 e. The normalized spacial score (nSPS) is 12.7. The van der Waals surface area contributed by atoms with Crippen molar-refractivity contribution in [3.05, 3.63) is 41.6 Å². The molecular formula is C13H15F2N3. The van der Waals surface area contributed by atoms with Gasteiger partial charge in [-0.05, 0) is 30.7 Å². The van der Waals surface area contributed by atoms with Crippen molar-refractivity contribution in [2.24, 2.45) is 5.73 Å². The van der Waals surface area contributed by atoms with Gasteiger partial charge < -0.3 is 5.73 Å². The number of hydrogen-bond acceptors (Lipinski definition) is 2. The minimum Gasteiger partial charge on any atom is -0.327 e. The van der Waals surface area contributed by atoms with Crippen LogP contribution in [0.4, 0.5) is 8.78 Å². The van der Waals surface area contributed by atoms with Crippen LogP contribution in [0.3, 0.4) is 0 Å². The maximum absolute atomic E-state index is 13.1. The molecule has 0 amide bonds. The van der Waals surface area contributed by atoms with Crippen LogP contribution in [0.25, 0.3) is 11.3 Å². The molecule has 2 rings (SSSR count). The molecule has 1 aromatic carbocycles. The molecule has 1 aromatic heterocycles. The van der Waals surface area contributed by atoms with Gasteiger partial charge in [-0.3, -0.25) is 5.10 Å². The predicted molar refractivity (Wildman–Crippen MR) is 65.9 cm³/mol. The quantitative estimate of drug-likeness (QED) is 0.877. The van der Waals surface area contributed by atoms with Crippen LogP contribution in [0, 0.1) is 11.6 Å². The summed E-state index contributed by atoms with van der Waals surface area (Å²) in [5.41, 5.74) is 7.87. The second-order valence-electron chi connectivity index (χ2n) is 4.28. The first kappa shape index (κ1) is 12.7. The second-order valence-corrected chi connectivity index (χ2v) is 4.28. The van der Waals surface area contributed by atoms with Crippen LogP contribution in [0.2, 0.25) is 0 Å². The van der Waals surface area contributed by atoms with E-state index < -0.39 is 11.6 Å². The number of nitrogens with two attached hydrogens (primary N) is 1. The standard InChI is InChI=1S/C13H15F2N3/c1-2-9(16)6-10-7-13(18-17-10)8-3-4-11(14)12(15)5-8/h3-5,7,9H,2,6,16H2,1H3,(H,17,18). The van der Waals surface area contributed by atoms with E-state index in [4.69, 9.17) is 5.73 Å². The predicted octanol–water partition coefficient (Wildman–Crippen LogP) is 2.63. The molecular weight excluding hydrogens is 236 g/mol. The fourth-order valence-electron chi connectivity index (χ4n) is 1.70. The van der Waals surface area contributed by atoms with Gasteiger partial charge in [0, 0.05) is 23.7 Å². The Hall–Kier alpha value is -1.75. The van der Waals surface area contributed by atoms with Crippen LogP contribution in [-0.2, 0) is 6.42 Å². The maximum Gasteiger partial charge on any atom is 0.159 e. The third-order valence-electron chi connectivity index (χ3n) is 2.85. The van der Waals surface area contributed by atoms with E-state index in [9.17, 15) is 8.78 Å². The molecule has 2 aromatic rings. The largest absolute Gasteiger partial charge is 0.327 e. The number of hydrogen-bond donors (Lipinski definition) is 2. The van der Waals surface area contributed by atoms with Crippen molar-refractivity contribution in [1.82, 2.24) is 10.2 Å². The molecule has 0 spiro atoms. The number of halogens is 2. The van der Waals surface area contributed by atoms with Gasteiger partial charge in [0.25, 0.3) is 0 Å². The Morgan fingerprint density at radius 3 is 2.72 bits per heavy atom. The summed E-state index contributed by atoms with van der Waals surface area (Å²) in [6.45, 7) is 2.01. The van der Waals surface area contributed by atoms with Crippen LogP contribution < -0.4 is 5.73 Å². The van der Waals surface area contributed by atoms with E-state index in [0.29, 0.717) is 17.7 Å². The molecule has 0 radical (unpaired) electrons. The van der Waals surface area contributed by atoms with E-state index in [2.05, 4.69) is 10.2 Å². The molecule has 3 N–H and O–H groups in total. The molecule has 0 aliphatic carbocycles. The molecule has 0 bridgehead atoms. The lowest BCUT2D eigenvalue weighted by molar-refractivity contribution is 0.509. The summed E-state index contributed by atoms with van der Waals surface area (Å²) in [7, 11) is 0. The van der Waals surface area contributed by atoms with Crippen LogP contribution >= 0.6 is 0 Å². The Bertz CT molecular complexity index is 537. The van der Waals surface area contributed by atoms with E-state index >= 15 is 0 Å². The van der Waals surface area contributed by atoms with Gasteiger partial charge in [0.2, 0.25) is 0 Å². The summed E-state index contributed by atoms with van der Waals surface area (Å²) in [6, 6.07) is 5.61. The number of aromatic amines is 1. The molecule has 0 saturated heterocycles. The van der Waals surface area contributed by atoms with E-state index in [1.54, 1.807) is 0 Å². The zero-order chi connectivity index (χ0) is 13.1. The van der Waals surface area contributed by atoms with Crippen molar-refractivity contribution in [3.63, 3.8) is 0 Å². The first-order valence-electron chi connectivity index (χ1n) is 5.85. The minimum atomic E-state index is -0.873. The highest BCUT2D eigenvalue weighted by atomic mass is 19.2. The Morgan fingerprint density at radius 2 is 2.06 bits per heavy atom. The van der Waals surface area contributed by atoms with Gasteiger partial charge in [-0.25, -0.2) is 8.78 Å². The monoisotopic (exact) mass is 251 g/mol. The number of aromatic nitrogens is 2. The summed E-state index contributed by atoms with van der Waals surface area (Å²) in [5.74, 6) is -1.73. The van der Waals surface area contributed by atoms with Crippen LogP contribution in [0.15, 0.2) is 24.3 Å². The molecule has 5 heteroatoms. The van der Waals surface area contributed by atoms with Gasteiger partial charge in [-0.2, -0.15) is 5.10 Å². The summed E-state index contributed by atoms with van der Waals surface area (Å²) in [5, 5.41) is 6.93. The third kappa shape index (κ3) is 2.73. The van der Waals surface area contributed by atoms with Crippen molar-refractivity contribution < 1.29 is 8.78 Å². The summed E-state index contributed by atoms with van der Waals surface area (Å²) < 4.78 is 25.9. The lowest BCUT2D eigenvalue weighted by Gasteiger charge is -2.04. The third-order valence-corrected chi connectivity index (χ3v) is 2.85. The zero-order valence-corrected chi connectivity index (χ0v) is 10.1. The summed E-state index contributed by atoms with van der Waals surface area (Å²) in [6.07, 6.45) is 1.56. The number of nitrogens with zero attached hydrogens (tertiary/aromatic N) is 1. The van der Waals surface area contributed by atoms with E-state index in [1.807, 2.05) is 13.0 Å². The van der Waals surface area contributed by atoms with Crippen LogP contribution in [-0.4, -0.2) is 16.2 Å². The molecule has 96 valence electrons. The fourth-order valence-corrected chi connectivity index (χ4v) is 1.70. The molecule has 1 atom stereocenters. The molecule has 0 fully saturated rings. The first-order valence-corrected chi connectivity index (χ1v) is 5.85. The molecule has 1 unspecified atom stereocenters. The summed E-state index contributed by atoms with van der Waals surface area (Å²) >= 11 is 0. The van der Waals surface area contributed by atoms with Crippen molar-refractivity contribution >= 4 is 0 Å². The molecule has 0 saturated carbocycles. The van der Waals surface area contributed by atoms with E-state index in [-0.39, 0.29) is 6.04 Å². The van der Waals surface area contributed by atoms with Gasteiger partial charge in [-0.15, -0.1) is 0 Å². The Morgan fingerprint density at radius 1 is 1.28 bits per heavy atom. The van der Waals surface area contributed by atoms with Crippen molar-refractivity contribution in [2.75, 3.05) is 0 Å². The lowest BCUT2D eigenvalue weighted by Crippen LogP contribution is -2.21. The van der Waals surface area contributed by atoms with Crippen molar-refractivity contribution in [1.29, 1.82) is 0 Å². The van der Waals surface area contributed by atoms with Gasteiger partial charge in [0.1, 0.15) is 0 Å².